The second-order valence-corrected chi connectivity index (χ2v) is 4.93. The van der Waals surface area contributed by atoms with E-state index in [4.69, 9.17) is 4.74 Å². The second kappa shape index (κ2) is 8.02. The van der Waals surface area contributed by atoms with Gasteiger partial charge in [0.05, 0.1) is 18.1 Å². The maximum Gasteiger partial charge on any atom is 0.270 e. The van der Waals surface area contributed by atoms with Gasteiger partial charge in [0.15, 0.2) is 0 Å². The van der Waals surface area contributed by atoms with Crippen LogP contribution in [0.1, 0.15) is 13.8 Å². The number of methoxy groups -OCH3 is 1. The predicted octanol–water partition coefficient (Wildman–Crippen LogP) is 2.13. The van der Waals surface area contributed by atoms with Gasteiger partial charge >= 0.3 is 0 Å². The molecular weight excluding hydrogens is 286 g/mol. The molecule has 1 heterocycles. The third-order valence-electron chi connectivity index (χ3n) is 3.14. The average molecular weight is 307 g/mol. The number of hydrogen-bond donors (Lipinski definition) is 1. The summed E-state index contributed by atoms with van der Waals surface area (Å²) in [5.41, 5.74) is 1.08. The molecule has 0 fully saturated rings. The van der Waals surface area contributed by atoms with Gasteiger partial charge in [-0.3, -0.25) is 14.9 Å². The summed E-state index contributed by atoms with van der Waals surface area (Å²) in [5, 5.41) is 13.3. The van der Waals surface area contributed by atoms with Crippen LogP contribution in [0.25, 0.3) is 0 Å². The van der Waals surface area contributed by atoms with E-state index in [-0.39, 0.29) is 24.2 Å². The zero-order valence-electron chi connectivity index (χ0n) is 13.2. The van der Waals surface area contributed by atoms with E-state index in [1.54, 1.807) is 7.11 Å². The normalized spacial score (nSPS) is 13.4. The molecule has 1 N–H and O–H groups in total. The molecule has 7 nitrogen and oxygen atoms in total. The molecule has 0 atom stereocenters. The Balaban J connectivity index is 0.000000224. The van der Waals surface area contributed by atoms with Crippen LogP contribution in [0.3, 0.4) is 0 Å². The van der Waals surface area contributed by atoms with Gasteiger partial charge in [0, 0.05) is 18.8 Å². The van der Waals surface area contributed by atoms with Crippen LogP contribution in [0.4, 0.5) is 5.69 Å². The maximum atomic E-state index is 11.1. The summed E-state index contributed by atoms with van der Waals surface area (Å²) in [6, 6.07) is 7.81. The minimum absolute atomic E-state index is 0.0196. The van der Waals surface area contributed by atoms with Crippen LogP contribution in [0.2, 0.25) is 0 Å². The van der Waals surface area contributed by atoms with Crippen LogP contribution in [0, 0.1) is 10.1 Å². The fourth-order valence-corrected chi connectivity index (χ4v) is 1.83. The van der Waals surface area contributed by atoms with Crippen LogP contribution in [0.15, 0.2) is 36.0 Å². The van der Waals surface area contributed by atoms with Gasteiger partial charge < -0.3 is 15.0 Å². The van der Waals surface area contributed by atoms with Crippen molar-refractivity contribution in [2.45, 2.75) is 19.9 Å². The van der Waals surface area contributed by atoms with Crippen LogP contribution in [-0.2, 0) is 4.79 Å². The largest absolute Gasteiger partial charge is 0.497 e. The molecule has 22 heavy (non-hydrogen) atoms. The molecule has 7 heteroatoms. The van der Waals surface area contributed by atoms with Gasteiger partial charge in [-0.25, -0.2) is 0 Å². The third kappa shape index (κ3) is 4.76. The van der Waals surface area contributed by atoms with Crippen molar-refractivity contribution >= 4 is 11.6 Å². The van der Waals surface area contributed by atoms with Crippen molar-refractivity contribution in [1.29, 1.82) is 0 Å². The van der Waals surface area contributed by atoms with E-state index in [9.17, 15) is 14.9 Å². The molecule has 0 unspecified atom stereocenters. The molecular formula is C15H21N3O4. The first-order chi connectivity index (χ1) is 10.4. The number of carbonyl (C=O) groups is 1. The van der Waals surface area contributed by atoms with Crippen LogP contribution in [0.5, 0.6) is 5.75 Å². The smallest absolute Gasteiger partial charge is 0.270 e. The first-order valence-corrected chi connectivity index (χ1v) is 6.86. The highest BCUT2D eigenvalue weighted by molar-refractivity contribution is 5.90. The molecule has 1 aliphatic heterocycles. The fourth-order valence-electron chi connectivity index (χ4n) is 1.83. The summed E-state index contributed by atoms with van der Waals surface area (Å²) in [4.78, 5) is 22.3. The number of nitro groups is 1. The molecule has 0 saturated carbocycles. The number of anilines is 1. The van der Waals surface area contributed by atoms with Crippen molar-refractivity contribution in [2.24, 2.45) is 0 Å². The Morgan fingerprint density at radius 1 is 1.32 bits per heavy atom. The monoisotopic (exact) mass is 307 g/mol. The first kappa shape index (κ1) is 17.5. The lowest BCUT2D eigenvalue weighted by Crippen LogP contribution is -2.33. The van der Waals surface area contributed by atoms with Crippen molar-refractivity contribution < 1.29 is 14.5 Å². The molecule has 0 saturated heterocycles. The molecule has 1 aromatic rings. The summed E-state index contributed by atoms with van der Waals surface area (Å²) >= 11 is 0. The lowest BCUT2D eigenvalue weighted by Gasteiger charge is -2.18. The fraction of sp³-hybridized carbons (Fsp3) is 0.400. The minimum atomic E-state index is -0.514. The molecule has 120 valence electrons. The SMILES string of the molecule is CC(C)N1CC([N+](=O)[O-])=CC1=O.CNc1ccc(OC)cc1. The molecule has 2 rings (SSSR count). The highest BCUT2D eigenvalue weighted by atomic mass is 16.6. The lowest BCUT2D eigenvalue weighted by molar-refractivity contribution is -0.426. The van der Waals surface area contributed by atoms with Gasteiger partial charge in [0.1, 0.15) is 12.3 Å². The number of carbonyl (C=O) groups excluding carboxylic acids is 1. The molecule has 0 spiro atoms. The van der Waals surface area contributed by atoms with Gasteiger partial charge in [0.25, 0.3) is 11.6 Å². The number of nitrogens with one attached hydrogen (secondary N) is 1. The Bertz CT molecular complexity index is 529. The number of hydrogen-bond acceptors (Lipinski definition) is 5. The van der Waals surface area contributed by atoms with Gasteiger partial charge in [-0.2, -0.15) is 0 Å². The van der Waals surface area contributed by atoms with E-state index < -0.39 is 4.92 Å². The van der Waals surface area contributed by atoms with Gasteiger partial charge in [0.2, 0.25) is 0 Å². The molecule has 1 aromatic carbocycles. The standard InChI is InChI=1S/C8H11NO.C7H10N2O3/c1-9-7-3-5-8(10-2)6-4-7;1-5(2)8-4-6(9(11)12)3-7(8)10/h3-6,9H,1-2H3;3,5H,4H2,1-2H3. The number of nitrogens with zero attached hydrogens (tertiary/aromatic N) is 2. The third-order valence-corrected chi connectivity index (χ3v) is 3.14. The Labute approximate surface area is 129 Å². The van der Waals surface area contributed by atoms with Crippen molar-refractivity contribution in [2.75, 3.05) is 26.0 Å². The van der Waals surface area contributed by atoms with Crippen LogP contribution < -0.4 is 10.1 Å². The zero-order chi connectivity index (χ0) is 16.7. The summed E-state index contributed by atoms with van der Waals surface area (Å²) in [6.45, 7) is 3.78. The van der Waals surface area contributed by atoms with Crippen molar-refractivity contribution in [3.63, 3.8) is 0 Å². The summed E-state index contributed by atoms with van der Waals surface area (Å²) in [5.74, 6) is 0.621. The Hall–Kier alpha value is -2.57. The number of amides is 1. The summed E-state index contributed by atoms with van der Waals surface area (Å²) in [6.07, 6.45) is 1.08. The van der Waals surface area contributed by atoms with Gasteiger partial charge in [-0.05, 0) is 38.1 Å². The van der Waals surface area contributed by atoms with Crippen molar-refractivity contribution in [3.8, 4) is 5.75 Å². The van der Waals surface area contributed by atoms with Crippen LogP contribution >= 0.6 is 0 Å². The van der Waals surface area contributed by atoms with E-state index in [1.165, 1.54) is 4.90 Å². The summed E-state index contributed by atoms with van der Waals surface area (Å²) in [7, 11) is 3.55. The Morgan fingerprint density at radius 2 is 1.91 bits per heavy atom. The topological polar surface area (TPSA) is 84.7 Å². The quantitative estimate of drug-likeness (QED) is 0.680. The van der Waals surface area contributed by atoms with Gasteiger partial charge in [-0.15, -0.1) is 0 Å². The van der Waals surface area contributed by atoms with E-state index >= 15 is 0 Å². The minimum Gasteiger partial charge on any atom is -0.497 e. The van der Waals surface area contributed by atoms with E-state index in [1.807, 2.05) is 45.2 Å². The molecule has 0 radical (unpaired) electrons. The predicted molar refractivity (Wildman–Crippen MR) is 84.5 cm³/mol. The highest BCUT2D eigenvalue weighted by Crippen LogP contribution is 2.14. The van der Waals surface area contributed by atoms with E-state index in [0.717, 1.165) is 17.5 Å². The molecule has 0 bridgehead atoms. The molecule has 0 aliphatic carbocycles. The van der Waals surface area contributed by atoms with Crippen molar-refractivity contribution in [3.05, 3.63) is 46.2 Å². The molecule has 1 amide bonds. The van der Waals surface area contributed by atoms with Gasteiger partial charge in [-0.1, -0.05) is 0 Å². The highest BCUT2D eigenvalue weighted by Gasteiger charge is 2.30. The Kier molecular flexibility index (Phi) is 6.37. The number of rotatable bonds is 4. The van der Waals surface area contributed by atoms with Crippen LogP contribution in [-0.4, -0.2) is 42.5 Å². The summed E-state index contributed by atoms with van der Waals surface area (Å²) < 4.78 is 4.99. The second-order valence-electron chi connectivity index (χ2n) is 4.93. The molecule has 0 aromatic heterocycles. The van der Waals surface area contributed by atoms with E-state index in [2.05, 4.69) is 5.32 Å². The Morgan fingerprint density at radius 3 is 2.23 bits per heavy atom. The number of benzene rings is 1. The average Bonchev–Trinajstić information content (AvgIpc) is 2.90. The van der Waals surface area contributed by atoms with Crippen molar-refractivity contribution in [1.82, 2.24) is 4.90 Å². The number of ether oxygens (including phenoxy) is 1. The molecule has 1 aliphatic rings. The zero-order valence-corrected chi connectivity index (χ0v) is 13.2. The maximum absolute atomic E-state index is 11.1. The lowest BCUT2D eigenvalue weighted by atomic mass is 10.3. The first-order valence-electron chi connectivity index (χ1n) is 6.86. The van der Waals surface area contributed by atoms with E-state index in [0.29, 0.717) is 0 Å².